The zero-order valence-corrected chi connectivity index (χ0v) is 8.39. The molecular weight excluding hydrogens is 188 g/mol. The van der Waals surface area contributed by atoms with Crippen LogP contribution >= 0.6 is 0 Å². The fraction of sp³-hybridized carbons (Fsp3) is 0.600. The molecule has 0 spiro atoms. The molecule has 1 N–H and O–H groups in total. The molecule has 0 fully saturated rings. The van der Waals surface area contributed by atoms with Crippen LogP contribution in [0.5, 0.6) is 0 Å². The number of furan rings is 1. The quantitative estimate of drug-likeness (QED) is 0.796. The average Bonchev–Trinajstić information content (AvgIpc) is 2.66. The Morgan fingerprint density at radius 2 is 2.21 bits per heavy atom. The van der Waals surface area contributed by atoms with Gasteiger partial charge in [0, 0.05) is 0 Å². The summed E-state index contributed by atoms with van der Waals surface area (Å²) < 4.78 is 31.0. The van der Waals surface area contributed by atoms with Crippen molar-refractivity contribution in [1.82, 2.24) is 5.32 Å². The Bertz CT molecular complexity index is 261. The summed E-state index contributed by atoms with van der Waals surface area (Å²) in [5.41, 5.74) is -1.34. The second kappa shape index (κ2) is 4.55. The second-order valence-electron chi connectivity index (χ2n) is 3.13. The van der Waals surface area contributed by atoms with E-state index in [1.165, 1.54) is 6.26 Å². The van der Waals surface area contributed by atoms with Gasteiger partial charge in [-0.1, -0.05) is 13.8 Å². The van der Waals surface area contributed by atoms with Gasteiger partial charge < -0.3 is 9.73 Å². The van der Waals surface area contributed by atoms with E-state index in [4.69, 9.17) is 4.42 Å². The third-order valence-electron chi connectivity index (χ3n) is 2.38. The molecule has 0 saturated carbocycles. The van der Waals surface area contributed by atoms with Crippen LogP contribution in [0.4, 0.5) is 8.78 Å². The molecule has 1 aromatic rings. The molecule has 0 amide bonds. The lowest BCUT2D eigenvalue weighted by molar-refractivity contribution is 0.0123. The van der Waals surface area contributed by atoms with Crippen molar-refractivity contribution in [2.24, 2.45) is 0 Å². The van der Waals surface area contributed by atoms with E-state index in [2.05, 4.69) is 5.32 Å². The number of nitrogens with one attached hydrogen (secondary N) is 1. The molecule has 80 valence electrons. The van der Waals surface area contributed by atoms with Crippen molar-refractivity contribution in [2.45, 2.75) is 32.2 Å². The minimum absolute atomic E-state index is 0.298. The van der Waals surface area contributed by atoms with Gasteiger partial charge >= 0.3 is 0 Å². The van der Waals surface area contributed by atoms with Crippen molar-refractivity contribution in [3.8, 4) is 0 Å². The van der Waals surface area contributed by atoms with E-state index in [1.807, 2.05) is 0 Å². The molecule has 0 aromatic carbocycles. The third kappa shape index (κ3) is 1.80. The van der Waals surface area contributed by atoms with Crippen molar-refractivity contribution in [1.29, 1.82) is 0 Å². The van der Waals surface area contributed by atoms with Crippen LogP contribution in [0.15, 0.2) is 22.8 Å². The van der Waals surface area contributed by atoms with Crippen LogP contribution < -0.4 is 5.32 Å². The zero-order chi connectivity index (χ0) is 10.6. The third-order valence-corrected chi connectivity index (χ3v) is 2.38. The maximum atomic E-state index is 13.0. The topological polar surface area (TPSA) is 25.2 Å². The van der Waals surface area contributed by atoms with Gasteiger partial charge in [-0.05, 0) is 25.1 Å². The van der Waals surface area contributed by atoms with E-state index in [1.54, 1.807) is 26.0 Å². The van der Waals surface area contributed by atoms with Gasteiger partial charge in [0.15, 0.2) is 0 Å². The molecule has 0 aliphatic heterocycles. The monoisotopic (exact) mass is 203 g/mol. The highest BCUT2D eigenvalue weighted by atomic mass is 19.3. The Morgan fingerprint density at radius 3 is 2.57 bits per heavy atom. The lowest BCUT2D eigenvalue weighted by Gasteiger charge is -2.30. The Hall–Kier alpha value is -0.900. The van der Waals surface area contributed by atoms with E-state index in [0.717, 1.165) is 0 Å². The number of rotatable bonds is 5. The summed E-state index contributed by atoms with van der Waals surface area (Å²) in [6, 6.07) is 3.21. The smallest absolute Gasteiger partial charge is 0.263 e. The summed E-state index contributed by atoms with van der Waals surface area (Å²) in [4.78, 5) is 0. The number of alkyl halides is 2. The molecule has 1 atom stereocenters. The van der Waals surface area contributed by atoms with Crippen LogP contribution in [0.25, 0.3) is 0 Å². The normalized spacial score (nSPS) is 15.8. The van der Waals surface area contributed by atoms with Crippen molar-refractivity contribution < 1.29 is 13.2 Å². The molecule has 0 bridgehead atoms. The Morgan fingerprint density at radius 1 is 1.50 bits per heavy atom. The van der Waals surface area contributed by atoms with Crippen LogP contribution in [0.2, 0.25) is 0 Å². The first-order chi connectivity index (χ1) is 6.67. The van der Waals surface area contributed by atoms with Gasteiger partial charge in [-0.3, -0.25) is 0 Å². The maximum Gasteiger partial charge on any atom is 0.263 e. The molecule has 2 nitrogen and oxygen atoms in total. The van der Waals surface area contributed by atoms with Gasteiger partial charge in [0.2, 0.25) is 0 Å². The molecule has 1 rings (SSSR count). The van der Waals surface area contributed by atoms with E-state index < -0.39 is 12.0 Å². The second-order valence-corrected chi connectivity index (χ2v) is 3.13. The molecule has 14 heavy (non-hydrogen) atoms. The summed E-state index contributed by atoms with van der Waals surface area (Å²) in [6.07, 6.45) is -0.760. The van der Waals surface area contributed by atoms with Crippen molar-refractivity contribution in [2.75, 3.05) is 6.54 Å². The van der Waals surface area contributed by atoms with Gasteiger partial charge in [-0.15, -0.1) is 0 Å². The first kappa shape index (κ1) is 11.2. The van der Waals surface area contributed by atoms with Crippen LogP contribution in [0.1, 0.15) is 26.0 Å². The molecule has 1 aromatic heterocycles. The molecule has 0 radical (unpaired) electrons. The molecule has 4 heteroatoms. The van der Waals surface area contributed by atoms with Gasteiger partial charge in [0.1, 0.15) is 11.3 Å². The fourth-order valence-corrected chi connectivity index (χ4v) is 1.57. The minimum Gasteiger partial charge on any atom is -0.467 e. The molecule has 0 aliphatic rings. The first-order valence-electron chi connectivity index (χ1n) is 4.74. The lowest BCUT2D eigenvalue weighted by atomic mass is 9.93. The highest BCUT2D eigenvalue weighted by Crippen LogP contribution is 2.31. The highest BCUT2D eigenvalue weighted by Gasteiger charge is 2.41. The van der Waals surface area contributed by atoms with Gasteiger partial charge in [-0.2, -0.15) is 0 Å². The van der Waals surface area contributed by atoms with E-state index in [9.17, 15) is 8.78 Å². The minimum atomic E-state index is -2.47. The maximum absolute atomic E-state index is 13.0. The van der Waals surface area contributed by atoms with Crippen molar-refractivity contribution in [3.05, 3.63) is 24.2 Å². The molecule has 0 aliphatic carbocycles. The van der Waals surface area contributed by atoms with Gasteiger partial charge in [0.05, 0.1) is 6.26 Å². The fourth-order valence-electron chi connectivity index (χ4n) is 1.57. The Balaban J connectivity index is 3.01. The number of hydrogen-bond donors (Lipinski definition) is 1. The van der Waals surface area contributed by atoms with Gasteiger partial charge in [-0.25, -0.2) is 8.78 Å². The zero-order valence-electron chi connectivity index (χ0n) is 8.39. The largest absolute Gasteiger partial charge is 0.467 e. The number of halogens is 2. The standard InChI is InChI=1S/C10H15F2NO/c1-3-10(9(11)12,13-4-2)8-6-5-7-14-8/h5-7,9,13H,3-4H2,1-2H3. The number of hydrogen-bond acceptors (Lipinski definition) is 2. The molecular formula is C10H15F2NO. The van der Waals surface area contributed by atoms with Crippen molar-refractivity contribution in [3.63, 3.8) is 0 Å². The summed E-state index contributed by atoms with van der Waals surface area (Å²) in [7, 11) is 0. The van der Waals surface area contributed by atoms with Crippen LogP contribution in [0.3, 0.4) is 0 Å². The predicted molar refractivity (Wildman–Crippen MR) is 50.4 cm³/mol. The molecule has 1 unspecified atom stereocenters. The average molecular weight is 203 g/mol. The SMILES string of the molecule is CCNC(CC)(c1ccco1)C(F)F. The van der Waals surface area contributed by atoms with E-state index in [-0.39, 0.29) is 0 Å². The lowest BCUT2D eigenvalue weighted by Crippen LogP contribution is -2.47. The predicted octanol–water partition coefficient (Wildman–Crippen LogP) is 2.76. The molecule has 0 saturated heterocycles. The Labute approximate surface area is 82.3 Å². The highest BCUT2D eigenvalue weighted by molar-refractivity contribution is 5.13. The summed E-state index contributed by atoms with van der Waals surface area (Å²) in [6.45, 7) is 4.01. The summed E-state index contributed by atoms with van der Waals surface area (Å²) >= 11 is 0. The van der Waals surface area contributed by atoms with E-state index in [0.29, 0.717) is 18.7 Å². The molecule has 1 heterocycles. The van der Waals surface area contributed by atoms with Crippen LogP contribution in [-0.4, -0.2) is 13.0 Å². The van der Waals surface area contributed by atoms with Crippen LogP contribution in [-0.2, 0) is 5.54 Å². The Kier molecular flexibility index (Phi) is 3.63. The van der Waals surface area contributed by atoms with E-state index >= 15 is 0 Å². The van der Waals surface area contributed by atoms with Gasteiger partial charge in [0.25, 0.3) is 6.43 Å². The first-order valence-corrected chi connectivity index (χ1v) is 4.74. The van der Waals surface area contributed by atoms with Crippen LogP contribution in [0, 0.1) is 0 Å². The van der Waals surface area contributed by atoms with Crippen molar-refractivity contribution >= 4 is 0 Å². The summed E-state index contributed by atoms with van der Waals surface area (Å²) in [5, 5.41) is 2.80. The summed E-state index contributed by atoms with van der Waals surface area (Å²) in [5.74, 6) is 0.303.